The van der Waals surface area contributed by atoms with E-state index in [1.165, 1.54) is 26.9 Å². The lowest BCUT2D eigenvalue weighted by Gasteiger charge is -2.13. The van der Waals surface area contributed by atoms with Gasteiger partial charge < -0.3 is 4.98 Å². The molecule has 1 N–H and O–H groups in total. The molecular weight excluding hydrogens is 585 g/mol. The Morgan fingerprint density at radius 3 is 2.08 bits per heavy atom. The van der Waals surface area contributed by atoms with Gasteiger partial charge in [0.1, 0.15) is 5.82 Å². The molecule has 224 valence electrons. The first kappa shape index (κ1) is 26.7. The lowest BCUT2D eigenvalue weighted by Crippen LogP contribution is -1.99. The third kappa shape index (κ3) is 4.03. The van der Waals surface area contributed by atoms with Crippen LogP contribution in [0.1, 0.15) is 0 Å². The zero-order valence-corrected chi connectivity index (χ0v) is 25.9. The molecule has 0 spiro atoms. The maximum atomic E-state index is 5.54. The van der Waals surface area contributed by atoms with E-state index in [1.807, 2.05) is 6.20 Å². The van der Waals surface area contributed by atoms with Crippen LogP contribution in [0, 0.1) is 0 Å². The minimum atomic E-state index is 0.901. The molecule has 3 heterocycles. The monoisotopic (exact) mass is 612 g/mol. The van der Waals surface area contributed by atoms with E-state index >= 15 is 0 Å². The second-order valence-corrected chi connectivity index (χ2v) is 12.3. The van der Waals surface area contributed by atoms with E-state index in [0.29, 0.717) is 0 Å². The average molecular weight is 613 g/mol. The second kappa shape index (κ2) is 10.5. The van der Waals surface area contributed by atoms with Crippen LogP contribution in [-0.2, 0) is 0 Å². The molecule has 0 bridgehead atoms. The number of nitrogens with zero attached hydrogens (tertiary/aromatic N) is 3. The summed E-state index contributed by atoms with van der Waals surface area (Å²) < 4.78 is 2.34. The van der Waals surface area contributed by atoms with E-state index < -0.39 is 0 Å². The van der Waals surface area contributed by atoms with Crippen molar-refractivity contribution in [2.45, 2.75) is 0 Å². The Bertz CT molecular complexity index is 2850. The van der Waals surface area contributed by atoms with E-state index in [2.05, 4.69) is 167 Å². The summed E-state index contributed by atoms with van der Waals surface area (Å²) in [6.07, 6.45) is 1.90. The number of para-hydroxylation sites is 3. The fourth-order valence-electron chi connectivity index (χ4n) is 7.40. The number of aromatic nitrogens is 4. The van der Waals surface area contributed by atoms with Gasteiger partial charge in [0.15, 0.2) is 0 Å². The third-order valence-electron chi connectivity index (χ3n) is 9.60. The first-order valence-electron chi connectivity index (χ1n) is 16.3. The second-order valence-electron chi connectivity index (χ2n) is 12.3. The third-order valence-corrected chi connectivity index (χ3v) is 9.60. The van der Waals surface area contributed by atoms with Crippen LogP contribution in [0.4, 0.5) is 0 Å². The molecule has 7 aromatic carbocycles. The SMILES string of the molecule is c1cc(-c2nccc3ccccc23)cc(-c2cccc3c2nc(-c2cccc4c2[nH]c2ccccc24)n3-c2cccc3ccccc23)c1. The molecule has 10 rings (SSSR count). The number of hydrogen-bond acceptors (Lipinski definition) is 2. The van der Waals surface area contributed by atoms with Gasteiger partial charge in [0, 0.05) is 49.9 Å². The van der Waals surface area contributed by atoms with Crippen LogP contribution in [0.3, 0.4) is 0 Å². The molecule has 48 heavy (non-hydrogen) atoms. The Morgan fingerprint density at radius 2 is 1.17 bits per heavy atom. The molecule has 4 nitrogen and oxygen atoms in total. The molecule has 0 aliphatic heterocycles. The Kier molecular flexibility index (Phi) is 5.84. The number of benzene rings is 7. The van der Waals surface area contributed by atoms with Gasteiger partial charge in [0.2, 0.25) is 0 Å². The molecule has 3 aromatic heterocycles. The molecular formula is C44H28N4. The molecule has 0 saturated carbocycles. The summed E-state index contributed by atoms with van der Waals surface area (Å²) in [7, 11) is 0. The average Bonchev–Trinajstić information content (AvgIpc) is 3.73. The smallest absolute Gasteiger partial charge is 0.147 e. The van der Waals surface area contributed by atoms with Gasteiger partial charge in [-0.2, -0.15) is 0 Å². The number of hydrogen-bond donors (Lipinski definition) is 1. The van der Waals surface area contributed by atoms with Crippen molar-refractivity contribution >= 4 is 54.4 Å². The van der Waals surface area contributed by atoms with E-state index in [9.17, 15) is 0 Å². The number of rotatable bonds is 4. The van der Waals surface area contributed by atoms with Crippen molar-refractivity contribution in [3.63, 3.8) is 0 Å². The van der Waals surface area contributed by atoms with Gasteiger partial charge in [-0.15, -0.1) is 0 Å². The van der Waals surface area contributed by atoms with Crippen LogP contribution in [0.5, 0.6) is 0 Å². The largest absolute Gasteiger partial charge is 0.354 e. The normalized spacial score (nSPS) is 11.8. The van der Waals surface area contributed by atoms with Crippen molar-refractivity contribution in [2.75, 3.05) is 0 Å². The standard InChI is InChI=1S/C44H28N4/c1-3-16-32-28(11-1)13-8-23-39(32)48-40-24-10-19-34(30-14-7-15-31(27-30)41-33-17-4-2-12-29(33)25-26-45-41)43(40)47-44(48)37-21-9-20-36-35-18-5-6-22-38(35)46-42(36)37/h1-27,46H. The van der Waals surface area contributed by atoms with Gasteiger partial charge in [0.05, 0.1) is 27.9 Å². The molecule has 0 atom stereocenters. The number of nitrogens with one attached hydrogen (secondary N) is 1. The first-order valence-corrected chi connectivity index (χ1v) is 16.3. The summed E-state index contributed by atoms with van der Waals surface area (Å²) in [6, 6.07) is 55.9. The molecule has 0 aliphatic rings. The van der Waals surface area contributed by atoms with Gasteiger partial charge in [-0.25, -0.2) is 4.98 Å². The Labute approximate surface area is 276 Å². The van der Waals surface area contributed by atoms with Gasteiger partial charge in [-0.1, -0.05) is 121 Å². The zero-order chi connectivity index (χ0) is 31.6. The molecule has 0 saturated heterocycles. The highest BCUT2D eigenvalue weighted by Gasteiger charge is 2.21. The molecule has 4 heteroatoms. The summed E-state index contributed by atoms with van der Waals surface area (Å²) in [5, 5.41) is 7.10. The summed E-state index contributed by atoms with van der Waals surface area (Å²) in [6.45, 7) is 0. The maximum absolute atomic E-state index is 5.54. The highest BCUT2D eigenvalue weighted by Crippen LogP contribution is 2.40. The van der Waals surface area contributed by atoms with Gasteiger partial charge >= 0.3 is 0 Å². The number of fused-ring (bicyclic) bond motifs is 6. The number of aromatic amines is 1. The fourth-order valence-corrected chi connectivity index (χ4v) is 7.40. The molecule has 0 aliphatic carbocycles. The van der Waals surface area contributed by atoms with Crippen molar-refractivity contribution < 1.29 is 0 Å². The van der Waals surface area contributed by atoms with Crippen molar-refractivity contribution in [3.05, 3.63) is 164 Å². The van der Waals surface area contributed by atoms with Gasteiger partial charge in [0.25, 0.3) is 0 Å². The van der Waals surface area contributed by atoms with E-state index in [4.69, 9.17) is 9.97 Å². The number of pyridine rings is 1. The van der Waals surface area contributed by atoms with Crippen LogP contribution in [-0.4, -0.2) is 19.5 Å². The fraction of sp³-hybridized carbons (Fsp3) is 0. The molecule has 0 unspecified atom stereocenters. The van der Waals surface area contributed by atoms with Crippen molar-refractivity contribution in [3.8, 4) is 39.5 Å². The van der Waals surface area contributed by atoms with E-state index in [1.54, 1.807) is 0 Å². The van der Waals surface area contributed by atoms with Gasteiger partial charge in [-0.05, 0) is 52.7 Å². The lowest BCUT2D eigenvalue weighted by molar-refractivity contribution is 1.12. The number of H-pyrrole nitrogens is 1. The van der Waals surface area contributed by atoms with Crippen LogP contribution < -0.4 is 0 Å². The van der Waals surface area contributed by atoms with Crippen LogP contribution >= 0.6 is 0 Å². The predicted molar refractivity (Wildman–Crippen MR) is 200 cm³/mol. The zero-order valence-electron chi connectivity index (χ0n) is 25.9. The summed E-state index contributed by atoms with van der Waals surface area (Å²) >= 11 is 0. The summed E-state index contributed by atoms with van der Waals surface area (Å²) in [5.41, 5.74) is 10.6. The van der Waals surface area contributed by atoms with Crippen molar-refractivity contribution in [1.82, 2.24) is 19.5 Å². The van der Waals surface area contributed by atoms with E-state index in [0.717, 1.165) is 66.9 Å². The lowest BCUT2D eigenvalue weighted by atomic mass is 9.98. The Hall–Kier alpha value is -6.52. The topological polar surface area (TPSA) is 46.5 Å². The number of imidazole rings is 1. The minimum Gasteiger partial charge on any atom is -0.354 e. The van der Waals surface area contributed by atoms with Gasteiger partial charge in [-0.3, -0.25) is 9.55 Å². The first-order chi connectivity index (χ1) is 23.8. The highest BCUT2D eigenvalue weighted by molar-refractivity contribution is 6.12. The molecule has 0 radical (unpaired) electrons. The quantitative estimate of drug-likeness (QED) is 0.215. The summed E-state index contributed by atoms with van der Waals surface area (Å²) in [4.78, 5) is 14.1. The molecule has 0 fully saturated rings. The Morgan fingerprint density at radius 1 is 0.500 bits per heavy atom. The van der Waals surface area contributed by atoms with Crippen LogP contribution in [0.25, 0.3) is 93.8 Å². The Balaban J connectivity index is 1.26. The van der Waals surface area contributed by atoms with E-state index in [-0.39, 0.29) is 0 Å². The predicted octanol–water partition coefficient (Wildman–Crippen LogP) is 11.4. The minimum absolute atomic E-state index is 0.901. The van der Waals surface area contributed by atoms with Crippen molar-refractivity contribution in [1.29, 1.82) is 0 Å². The molecule has 10 aromatic rings. The van der Waals surface area contributed by atoms with Crippen LogP contribution in [0.2, 0.25) is 0 Å². The van der Waals surface area contributed by atoms with Crippen LogP contribution in [0.15, 0.2) is 164 Å². The highest BCUT2D eigenvalue weighted by atomic mass is 15.1. The van der Waals surface area contributed by atoms with Crippen molar-refractivity contribution in [2.24, 2.45) is 0 Å². The molecule has 0 amide bonds. The summed E-state index contributed by atoms with van der Waals surface area (Å²) in [5.74, 6) is 0.901. The maximum Gasteiger partial charge on any atom is 0.147 e.